The van der Waals surface area contributed by atoms with E-state index in [1.807, 2.05) is 24.3 Å². The number of Topliss-reactive ketones (excluding diaryl/α,β-unsaturated/α-hetero) is 1. The second kappa shape index (κ2) is 4.94. The van der Waals surface area contributed by atoms with Crippen LogP contribution in [0.15, 0.2) is 28.7 Å². The minimum atomic E-state index is 0.138. The van der Waals surface area contributed by atoms with Crippen LogP contribution in [0.3, 0.4) is 0 Å². The van der Waals surface area contributed by atoms with Gasteiger partial charge in [0.2, 0.25) is 0 Å². The molecule has 1 heterocycles. The molecule has 1 aliphatic carbocycles. The second-order valence-electron chi connectivity index (χ2n) is 4.50. The number of nitrogens with one attached hydrogen (secondary N) is 1. The van der Waals surface area contributed by atoms with Crippen molar-refractivity contribution >= 4 is 49.7 Å². The molecule has 1 aliphatic rings. The summed E-state index contributed by atoms with van der Waals surface area (Å²) in [4.78, 5) is 16.8. The lowest BCUT2D eigenvalue weighted by atomic mass is 10.2. The van der Waals surface area contributed by atoms with Crippen LogP contribution in [0.2, 0.25) is 0 Å². The Morgan fingerprint density at radius 3 is 2.68 bits per heavy atom. The summed E-state index contributed by atoms with van der Waals surface area (Å²) in [5.41, 5.74) is 6.74. The number of nitrogens with two attached hydrogens (primary N) is 1. The number of hydrogen-bond acceptors (Lipinski definition) is 5. The van der Waals surface area contributed by atoms with Crippen LogP contribution in [0.4, 0.5) is 16.6 Å². The smallest absolute Gasteiger partial charge is 0.189 e. The lowest BCUT2D eigenvalue weighted by Gasteiger charge is -2.01. The second-order valence-corrected chi connectivity index (χ2v) is 6.42. The number of anilines is 3. The quantitative estimate of drug-likeness (QED) is 0.832. The van der Waals surface area contributed by atoms with Crippen molar-refractivity contribution in [1.82, 2.24) is 4.98 Å². The fourth-order valence-corrected chi connectivity index (χ4v) is 2.94. The van der Waals surface area contributed by atoms with Crippen LogP contribution in [0, 0.1) is 5.92 Å². The Hall–Kier alpha value is -1.40. The minimum Gasteiger partial charge on any atom is -0.382 e. The van der Waals surface area contributed by atoms with Crippen molar-refractivity contribution in [3.05, 3.63) is 33.6 Å². The highest BCUT2D eigenvalue weighted by Crippen LogP contribution is 2.37. The maximum absolute atomic E-state index is 12.0. The number of carbonyl (C=O) groups excluding carboxylic acids is 1. The predicted octanol–water partition coefficient (Wildman–Crippen LogP) is 3.82. The zero-order valence-electron chi connectivity index (χ0n) is 10.0. The Balaban J connectivity index is 1.80. The van der Waals surface area contributed by atoms with E-state index in [2.05, 4.69) is 26.2 Å². The summed E-state index contributed by atoms with van der Waals surface area (Å²) in [7, 11) is 0. The van der Waals surface area contributed by atoms with Crippen LogP contribution in [0.1, 0.15) is 22.5 Å². The molecule has 3 rings (SSSR count). The molecule has 2 aromatic rings. The van der Waals surface area contributed by atoms with Gasteiger partial charge >= 0.3 is 0 Å². The van der Waals surface area contributed by atoms with Crippen LogP contribution in [0.25, 0.3) is 0 Å². The molecule has 0 unspecified atom stereocenters. The van der Waals surface area contributed by atoms with E-state index < -0.39 is 0 Å². The predicted molar refractivity (Wildman–Crippen MR) is 81.0 cm³/mol. The van der Waals surface area contributed by atoms with E-state index in [4.69, 9.17) is 5.73 Å². The van der Waals surface area contributed by atoms with E-state index >= 15 is 0 Å². The van der Waals surface area contributed by atoms with Gasteiger partial charge in [-0.25, -0.2) is 4.98 Å². The first-order valence-electron chi connectivity index (χ1n) is 5.96. The molecule has 1 fully saturated rings. The molecule has 0 radical (unpaired) electrons. The minimum absolute atomic E-state index is 0.138. The van der Waals surface area contributed by atoms with Gasteiger partial charge in [-0.15, -0.1) is 0 Å². The Kier molecular flexibility index (Phi) is 3.28. The molecule has 19 heavy (non-hydrogen) atoms. The van der Waals surface area contributed by atoms with E-state index in [-0.39, 0.29) is 11.7 Å². The molecule has 0 saturated heterocycles. The Morgan fingerprint density at radius 1 is 1.37 bits per heavy atom. The third-order valence-corrected chi connectivity index (χ3v) is 4.45. The van der Waals surface area contributed by atoms with Crippen LogP contribution in [0.5, 0.6) is 0 Å². The monoisotopic (exact) mass is 337 g/mol. The van der Waals surface area contributed by atoms with Gasteiger partial charge in [-0.2, -0.15) is 0 Å². The standard InChI is InChI=1S/C13H12BrN3OS/c14-8-3-5-9(6-4-8)16-13-17-12(15)11(19-13)10(18)7-1-2-7/h3-7H,1-2,15H2,(H,16,17). The molecule has 0 bridgehead atoms. The van der Waals surface area contributed by atoms with E-state index in [1.54, 1.807) is 0 Å². The summed E-state index contributed by atoms with van der Waals surface area (Å²) in [6.45, 7) is 0. The van der Waals surface area contributed by atoms with Crippen molar-refractivity contribution in [2.75, 3.05) is 11.1 Å². The van der Waals surface area contributed by atoms with Crippen molar-refractivity contribution in [2.45, 2.75) is 12.8 Å². The zero-order valence-corrected chi connectivity index (χ0v) is 12.4. The molecule has 1 aromatic carbocycles. The van der Waals surface area contributed by atoms with Gasteiger partial charge in [-0.1, -0.05) is 27.3 Å². The van der Waals surface area contributed by atoms with Crippen molar-refractivity contribution in [3.8, 4) is 0 Å². The number of nitrogen functional groups attached to an aromatic ring is 1. The van der Waals surface area contributed by atoms with Gasteiger partial charge < -0.3 is 11.1 Å². The van der Waals surface area contributed by atoms with Crippen molar-refractivity contribution in [2.24, 2.45) is 5.92 Å². The molecule has 0 amide bonds. The average molecular weight is 338 g/mol. The van der Waals surface area contributed by atoms with Crippen LogP contribution in [-0.4, -0.2) is 10.8 Å². The third kappa shape index (κ3) is 2.79. The van der Waals surface area contributed by atoms with Crippen LogP contribution < -0.4 is 11.1 Å². The van der Waals surface area contributed by atoms with Crippen molar-refractivity contribution < 1.29 is 4.79 Å². The number of rotatable bonds is 4. The average Bonchev–Trinajstić information content (AvgIpc) is 3.16. The molecule has 1 aromatic heterocycles. The number of halogens is 1. The van der Waals surface area contributed by atoms with Crippen molar-refractivity contribution in [1.29, 1.82) is 0 Å². The lowest BCUT2D eigenvalue weighted by Crippen LogP contribution is -2.02. The fourth-order valence-electron chi connectivity index (χ4n) is 1.75. The number of thiazole rings is 1. The first-order chi connectivity index (χ1) is 9.13. The molecule has 98 valence electrons. The first-order valence-corrected chi connectivity index (χ1v) is 7.57. The largest absolute Gasteiger partial charge is 0.382 e. The van der Waals surface area contributed by atoms with E-state index in [9.17, 15) is 4.79 Å². The zero-order chi connectivity index (χ0) is 13.4. The highest BCUT2D eigenvalue weighted by atomic mass is 79.9. The molecule has 3 N–H and O–H groups in total. The maximum Gasteiger partial charge on any atom is 0.189 e. The Bertz CT molecular complexity index is 619. The van der Waals surface area contributed by atoms with E-state index in [0.717, 1.165) is 23.0 Å². The molecule has 1 saturated carbocycles. The van der Waals surface area contributed by atoms with Crippen LogP contribution in [-0.2, 0) is 0 Å². The van der Waals surface area contributed by atoms with Gasteiger partial charge in [-0.3, -0.25) is 4.79 Å². The SMILES string of the molecule is Nc1nc(Nc2ccc(Br)cc2)sc1C(=O)C1CC1. The van der Waals surface area contributed by atoms with E-state index in [1.165, 1.54) is 11.3 Å². The third-order valence-electron chi connectivity index (χ3n) is 2.92. The molecule has 0 spiro atoms. The molecule has 0 aliphatic heterocycles. The first kappa shape index (κ1) is 12.6. The molecule has 0 atom stereocenters. The fraction of sp³-hybridized carbons (Fsp3) is 0.231. The Morgan fingerprint density at radius 2 is 2.05 bits per heavy atom. The molecular formula is C13H12BrN3OS. The normalized spacial score (nSPS) is 14.4. The van der Waals surface area contributed by atoms with Gasteiger partial charge in [0.15, 0.2) is 10.9 Å². The van der Waals surface area contributed by atoms with Gasteiger partial charge in [0, 0.05) is 16.1 Å². The number of ketones is 1. The summed E-state index contributed by atoms with van der Waals surface area (Å²) in [5.74, 6) is 0.642. The summed E-state index contributed by atoms with van der Waals surface area (Å²) in [6, 6.07) is 7.75. The maximum atomic E-state index is 12.0. The number of hydrogen-bond donors (Lipinski definition) is 2. The van der Waals surface area contributed by atoms with E-state index in [0.29, 0.717) is 15.8 Å². The Labute approximate surface area is 123 Å². The molecule has 4 nitrogen and oxygen atoms in total. The molecular weight excluding hydrogens is 326 g/mol. The topological polar surface area (TPSA) is 68.0 Å². The van der Waals surface area contributed by atoms with Gasteiger partial charge in [0.05, 0.1) is 0 Å². The summed E-state index contributed by atoms with van der Waals surface area (Å²) < 4.78 is 1.02. The highest BCUT2D eigenvalue weighted by molar-refractivity contribution is 9.10. The highest BCUT2D eigenvalue weighted by Gasteiger charge is 2.33. The van der Waals surface area contributed by atoms with Gasteiger partial charge in [0.1, 0.15) is 10.7 Å². The van der Waals surface area contributed by atoms with Crippen LogP contribution >= 0.6 is 27.3 Å². The summed E-state index contributed by atoms with van der Waals surface area (Å²) in [6.07, 6.45) is 1.96. The number of carbonyl (C=O) groups is 1. The molecule has 6 heteroatoms. The van der Waals surface area contributed by atoms with Gasteiger partial charge in [0.25, 0.3) is 0 Å². The van der Waals surface area contributed by atoms with Crippen molar-refractivity contribution in [3.63, 3.8) is 0 Å². The summed E-state index contributed by atoms with van der Waals surface area (Å²) in [5, 5.41) is 3.82. The summed E-state index contributed by atoms with van der Waals surface area (Å²) >= 11 is 4.71. The number of nitrogens with zero attached hydrogens (tertiary/aromatic N) is 1. The lowest BCUT2D eigenvalue weighted by molar-refractivity contribution is 0.0972. The number of aromatic nitrogens is 1. The van der Waals surface area contributed by atoms with Gasteiger partial charge in [-0.05, 0) is 37.1 Å². The number of benzene rings is 1.